The van der Waals surface area contributed by atoms with Crippen molar-refractivity contribution in [1.29, 1.82) is 0 Å². The van der Waals surface area contributed by atoms with Crippen LogP contribution in [0.2, 0.25) is 0 Å². The van der Waals surface area contributed by atoms with Crippen LogP contribution in [0.15, 0.2) is 12.4 Å². The van der Waals surface area contributed by atoms with Crippen LogP contribution in [0.3, 0.4) is 0 Å². The molecule has 1 heterocycles. The van der Waals surface area contributed by atoms with Crippen molar-refractivity contribution in [3.63, 3.8) is 0 Å². The van der Waals surface area contributed by atoms with Gasteiger partial charge in [-0.15, -0.1) is 0 Å². The molecule has 1 amide bonds. The highest BCUT2D eigenvalue weighted by Crippen LogP contribution is 2.15. The smallest absolute Gasteiger partial charge is 0.254 e. The molecule has 0 fully saturated rings. The zero-order valence-corrected chi connectivity index (χ0v) is 9.09. The van der Waals surface area contributed by atoms with Crippen molar-refractivity contribution in [2.75, 3.05) is 0 Å². The van der Waals surface area contributed by atoms with E-state index in [1.54, 1.807) is 6.20 Å². The summed E-state index contributed by atoms with van der Waals surface area (Å²) in [5, 5.41) is 9.31. The maximum absolute atomic E-state index is 11.7. The van der Waals surface area contributed by atoms with Crippen LogP contribution in [0.25, 0.3) is 0 Å². The largest absolute Gasteiger partial charge is 0.347 e. The number of rotatable bonds is 3. The van der Waals surface area contributed by atoms with E-state index in [0.29, 0.717) is 11.5 Å². The van der Waals surface area contributed by atoms with Gasteiger partial charge in [-0.25, -0.2) is 0 Å². The molecule has 1 aromatic heterocycles. The lowest BCUT2D eigenvalue weighted by Gasteiger charge is -2.30. The zero-order chi connectivity index (χ0) is 10.8. The first-order valence-corrected chi connectivity index (χ1v) is 4.75. The number of aromatic nitrogens is 2. The molecule has 0 aromatic carbocycles. The minimum atomic E-state index is -0.200. The average molecular weight is 195 g/mol. The minimum Gasteiger partial charge on any atom is -0.347 e. The van der Waals surface area contributed by atoms with Crippen molar-refractivity contribution in [3.05, 3.63) is 18.0 Å². The molecule has 0 aliphatic heterocycles. The van der Waals surface area contributed by atoms with Gasteiger partial charge in [-0.3, -0.25) is 9.89 Å². The molecule has 0 aliphatic carbocycles. The summed E-state index contributed by atoms with van der Waals surface area (Å²) in [5.74, 6) is 0.302. The summed E-state index contributed by atoms with van der Waals surface area (Å²) in [6.45, 7) is 8.18. The van der Waals surface area contributed by atoms with E-state index < -0.39 is 0 Å². The molecule has 78 valence electrons. The number of nitrogens with one attached hydrogen (secondary N) is 2. The maximum atomic E-state index is 11.7. The van der Waals surface area contributed by atoms with E-state index >= 15 is 0 Å². The lowest BCUT2D eigenvalue weighted by molar-refractivity contribution is 0.0890. The molecular formula is C10H17N3O. The minimum absolute atomic E-state index is 0.0857. The third-order valence-electron chi connectivity index (χ3n) is 2.64. The number of carbonyl (C=O) groups is 1. The van der Waals surface area contributed by atoms with Crippen LogP contribution in [-0.4, -0.2) is 21.6 Å². The second-order valence-corrected chi connectivity index (χ2v) is 4.32. The lowest BCUT2D eigenvalue weighted by Crippen LogP contribution is -2.47. The van der Waals surface area contributed by atoms with Gasteiger partial charge in [-0.2, -0.15) is 5.10 Å². The SMILES string of the molecule is CC(C)C(C)(C)NC(=O)c1cn[nH]c1. The summed E-state index contributed by atoms with van der Waals surface area (Å²) < 4.78 is 0. The topological polar surface area (TPSA) is 57.8 Å². The molecule has 0 atom stereocenters. The summed E-state index contributed by atoms with van der Waals surface area (Å²) >= 11 is 0. The summed E-state index contributed by atoms with van der Waals surface area (Å²) in [4.78, 5) is 11.7. The standard InChI is InChI=1S/C10H17N3O/c1-7(2)10(3,4)13-9(14)8-5-11-12-6-8/h5-7H,1-4H3,(H,11,12)(H,13,14). The second-order valence-electron chi connectivity index (χ2n) is 4.32. The van der Waals surface area contributed by atoms with Gasteiger partial charge >= 0.3 is 0 Å². The number of nitrogens with zero attached hydrogens (tertiary/aromatic N) is 1. The van der Waals surface area contributed by atoms with Crippen molar-refractivity contribution >= 4 is 5.91 Å². The van der Waals surface area contributed by atoms with Crippen LogP contribution in [-0.2, 0) is 0 Å². The van der Waals surface area contributed by atoms with Gasteiger partial charge in [0.1, 0.15) is 0 Å². The molecule has 0 bridgehead atoms. The van der Waals surface area contributed by atoms with Crippen LogP contribution < -0.4 is 5.32 Å². The second kappa shape index (κ2) is 3.82. The fraction of sp³-hybridized carbons (Fsp3) is 0.600. The first-order valence-electron chi connectivity index (χ1n) is 4.75. The van der Waals surface area contributed by atoms with Crippen LogP contribution in [0.1, 0.15) is 38.1 Å². The van der Waals surface area contributed by atoms with Crippen LogP contribution >= 0.6 is 0 Å². The summed E-state index contributed by atoms with van der Waals surface area (Å²) in [6.07, 6.45) is 3.11. The van der Waals surface area contributed by atoms with Gasteiger partial charge < -0.3 is 5.32 Å². The summed E-state index contributed by atoms with van der Waals surface area (Å²) in [5.41, 5.74) is 0.368. The maximum Gasteiger partial charge on any atom is 0.254 e. The quantitative estimate of drug-likeness (QED) is 0.769. The van der Waals surface area contributed by atoms with E-state index in [2.05, 4.69) is 29.4 Å². The predicted molar refractivity (Wildman–Crippen MR) is 55.0 cm³/mol. The van der Waals surface area contributed by atoms with E-state index in [1.165, 1.54) is 6.20 Å². The molecule has 0 radical (unpaired) electrons. The van der Waals surface area contributed by atoms with Crippen LogP contribution in [0.4, 0.5) is 0 Å². The van der Waals surface area contributed by atoms with Gasteiger partial charge in [-0.05, 0) is 19.8 Å². The Kier molecular flexibility index (Phi) is 2.93. The van der Waals surface area contributed by atoms with E-state index in [0.717, 1.165) is 0 Å². The number of carbonyl (C=O) groups excluding carboxylic acids is 1. The Morgan fingerprint density at radius 2 is 2.21 bits per heavy atom. The third kappa shape index (κ3) is 2.34. The molecule has 2 N–H and O–H groups in total. The molecule has 1 aromatic rings. The molecule has 0 aliphatic rings. The number of amides is 1. The van der Waals surface area contributed by atoms with Gasteiger partial charge in [-0.1, -0.05) is 13.8 Å². The Morgan fingerprint density at radius 3 is 2.64 bits per heavy atom. The fourth-order valence-electron chi connectivity index (χ4n) is 0.884. The molecule has 4 heteroatoms. The molecule has 0 saturated heterocycles. The molecule has 0 unspecified atom stereocenters. The molecule has 4 nitrogen and oxygen atoms in total. The van der Waals surface area contributed by atoms with Gasteiger partial charge in [0.05, 0.1) is 11.8 Å². The van der Waals surface area contributed by atoms with Gasteiger partial charge in [0.15, 0.2) is 0 Å². The molecule has 14 heavy (non-hydrogen) atoms. The highest BCUT2D eigenvalue weighted by Gasteiger charge is 2.24. The Morgan fingerprint density at radius 1 is 1.57 bits per heavy atom. The van der Waals surface area contributed by atoms with E-state index in [4.69, 9.17) is 0 Å². The third-order valence-corrected chi connectivity index (χ3v) is 2.64. The van der Waals surface area contributed by atoms with E-state index in [1.807, 2.05) is 13.8 Å². The number of hydrogen-bond acceptors (Lipinski definition) is 2. The monoisotopic (exact) mass is 195 g/mol. The number of hydrogen-bond donors (Lipinski definition) is 2. The van der Waals surface area contributed by atoms with Crippen LogP contribution in [0, 0.1) is 5.92 Å². The lowest BCUT2D eigenvalue weighted by atomic mass is 9.90. The Hall–Kier alpha value is -1.32. The van der Waals surface area contributed by atoms with Crippen LogP contribution in [0.5, 0.6) is 0 Å². The van der Waals surface area contributed by atoms with E-state index in [-0.39, 0.29) is 11.4 Å². The average Bonchev–Trinajstić information content (AvgIpc) is 2.54. The normalized spacial score (nSPS) is 11.8. The van der Waals surface area contributed by atoms with Gasteiger partial charge in [0, 0.05) is 11.7 Å². The van der Waals surface area contributed by atoms with Crippen molar-refractivity contribution < 1.29 is 4.79 Å². The zero-order valence-electron chi connectivity index (χ0n) is 9.09. The Labute approximate surface area is 84.1 Å². The predicted octanol–water partition coefficient (Wildman–Crippen LogP) is 1.57. The first kappa shape index (κ1) is 10.8. The first-order chi connectivity index (χ1) is 6.43. The number of H-pyrrole nitrogens is 1. The molecule has 0 spiro atoms. The van der Waals surface area contributed by atoms with Gasteiger partial charge in [0.2, 0.25) is 0 Å². The molecular weight excluding hydrogens is 178 g/mol. The summed E-state index contributed by atoms with van der Waals surface area (Å²) in [7, 11) is 0. The number of aromatic amines is 1. The Bertz CT molecular complexity index is 301. The van der Waals surface area contributed by atoms with Crippen molar-refractivity contribution in [3.8, 4) is 0 Å². The highest BCUT2D eigenvalue weighted by atomic mass is 16.1. The highest BCUT2D eigenvalue weighted by molar-refractivity contribution is 5.94. The molecule has 1 rings (SSSR count). The Balaban J connectivity index is 2.66. The van der Waals surface area contributed by atoms with E-state index in [9.17, 15) is 4.79 Å². The van der Waals surface area contributed by atoms with Crippen molar-refractivity contribution in [1.82, 2.24) is 15.5 Å². The van der Waals surface area contributed by atoms with Crippen molar-refractivity contribution in [2.24, 2.45) is 5.92 Å². The van der Waals surface area contributed by atoms with Crippen molar-refractivity contribution in [2.45, 2.75) is 33.2 Å². The van der Waals surface area contributed by atoms with Gasteiger partial charge in [0.25, 0.3) is 5.91 Å². The molecule has 0 saturated carbocycles. The summed E-state index contributed by atoms with van der Waals surface area (Å²) in [6, 6.07) is 0. The fourth-order valence-corrected chi connectivity index (χ4v) is 0.884.